The van der Waals surface area contributed by atoms with Crippen molar-refractivity contribution in [3.8, 4) is 0 Å². The van der Waals surface area contributed by atoms with E-state index in [1.807, 2.05) is 0 Å². The number of aliphatic imine (C=N–C) groups is 1. The smallest absolute Gasteiger partial charge is 0.196 e. The highest BCUT2D eigenvalue weighted by molar-refractivity contribution is 8.93. The number of hydrogen-bond donors (Lipinski definition) is 1. The zero-order valence-electron chi connectivity index (χ0n) is 11.0. The minimum atomic E-state index is 0. The number of rotatable bonds is 0. The van der Waals surface area contributed by atoms with E-state index < -0.39 is 0 Å². The molecule has 0 aromatic heterocycles. The number of guanidine groups is 1. The molecule has 3 nitrogen and oxygen atoms in total. The fourth-order valence-corrected chi connectivity index (χ4v) is 3.15. The quantitative estimate of drug-likeness (QED) is 0.807. The summed E-state index contributed by atoms with van der Waals surface area (Å²) in [6.45, 7) is 0.747. The molecule has 2 aromatic carbocycles. The summed E-state index contributed by atoms with van der Waals surface area (Å²) in [6.07, 6.45) is 0.965. The number of fused-ring (bicyclic) bond motifs is 5. The Bertz CT molecular complexity index is 681. The molecule has 1 unspecified atom stereocenters. The minimum Gasteiger partial charge on any atom is -0.369 e. The standard InChI is InChI=1S/C16H15N3.BrH/c17-16-18-10-15-13-7-3-1-5-11(13)9-12-6-2-4-8-14(12)19(15)16;/h1-8,15H,9-10H2,(H2,17,18);1H. The highest BCUT2D eigenvalue weighted by Gasteiger charge is 2.33. The van der Waals surface area contributed by atoms with Gasteiger partial charge in [0.1, 0.15) is 0 Å². The molecule has 4 rings (SSSR count). The third kappa shape index (κ3) is 1.83. The zero-order chi connectivity index (χ0) is 12.8. The van der Waals surface area contributed by atoms with E-state index in [4.69, 9.17) is 5.73 Å². The van der Waals surface area contributed by atoms with Crippen LogP contribution in [0.4, 0.5) is 5.69 Å². The molecular weight excluding hydrogens is 314 g/mol. The van der Waals surface area contributed by atoms with Crippen LogP contribution in [0.3, 0.4) is 0 Å². The molecular formula is C16H16BrN3. The number of hydrogen-bond acceptors (Lipinski definition) is 3. The van der Waals surface area contributed by atoms with E-state index in [1.54, 1.807) is 0 Å². The summed E-state index contributed by atoms with van der Waals surface area (Å²) < 4.78 is 0. The molecule has 0 radical (unpaired) electrons. The average Bonchev–Trinajstić information content (AvgIpc) is 2.75. The minimum absolute atomic E-state index is 0. The summed E-state index contributed by atoms with van der Waals surface area (Å²) in [5, 5.41) is 0. The van der Waals surface area contributed by atoms with Gasteiger partial charge in [-0.2, -0.15) is 0 Å². The summed E-state index contributed by atoms with van der Waals surface area (Å²) in [5.41, 5.74) is 11.4. The molecule has 0 spiro atoms. The van der Waals surface area contributed by atoms with Crippen molar-refractivity contribution >= 4 is 28.6 Å². The molecule has 20 heavy (non-hydrogen) atoms. The Kier molecular flexibility index (Phi) is 3.26. The second kappa shape index (κ2) is 4.94. The topological polar surface area (TPSA) is 41.6 Å². The van der Waals surface area contributed by atoms with Crippen molar-refractivity contribution in [2.75, 3.05) is 11.4 Å². The lowest BCUT2D eigenvalue weighted by atomic mass is 9.97. The maximum atomic E-state index is 6.11. The van der Waals surface area contributed by atoms with Gasteiger partial charge in [-0.05, 0) is 29.2 Å². The van der Waals surface area contributed by atoms with E-state index in [-0.39, 0.29) is 23.0 Å². The van der Waals surface area contributed by atoms with Gasteiger partial charge in [-0.25, -0.2) is 0 Å². The molecule has 0 saturated heterocycles. The number of para-hydroxylation sites is 1. The van der Waals surface area contributed by atoms with Crippen molar-refractivity contribution in [3.05, 3.63) is 65.2 Å². The van der Waals surface area contributed by atoms with E-state index in [0.29, 0.717) is 5.96 Å². The van der Waals surface area contributed by atoms with Crippen molar-refractivity contribution < 1.29 is 0 Å². The Hall–Kier alpha value is -1.81. The fraction of sp³-hybridized carbons (Fsp3) is 0.188. The van der Waals surface area contributed by atoms with Crippen LogP contribution in [-0.2, 0) is 6.42 Å². The lowest BCUT2D eigenvalue weighted by Gasteiger charge is -2.26. The first-order chi connectivity index (χ1) is 9.34. The monoisotopic (exact) mass is 329 g/mol. The van der Waals surface area contributed by atoms with Crippen molar-refractivity contribution in [2.24, 2.45) is 10.7 Å². The van der Waals surface area contributed by atoms with Gasteiger partial charge in [0, 0.05) is 5.69 Å². The molecule has 2 aromatic rings. The van der Waals surface area contributed by atoms with E-state index in [1.165, 1.54) is 22.4 Å². The predicted molar refractivity (Wildman–Crippen MR) is 87.7 cm³/mol. The molecule has 0 aliphatic carbocycles. The molecule has 0 saturated carbocycles. The Morgan fingerprint density at radius 1 is 1.00 bits per heavy atom. The van der Waals surface area contributed by atoms with Gasteiger partial charge in [0.15, 0.2) is 5.96 Å². The van der Waals surface area contributed by atoms with Crippen LogP contribution in [-0.4, -0.2) is 12.5 Å². The second-order valence-electron chi connectivity index (χ2n) is 5.09. The number of benzene rings is 2. The zero-order valence-corrected chi connectivity index (χ0v) is 12.7. The van der Waals surface area contributed by atoms with Crippen LogP contribution in [0.25, 0.3) is 0 Å². The van der Waals surface area contributed by atoms with Gasteiger partial charge < -0.3 is 10.6 Å². The van der Waals surface area contributed by atoms with Gasteiger partial charge in [0.2, 0.25) is 0 Å². The lowest BCUT2D eigenvalue weighted by molar-refractivity contribution is 0.768. The number of halogens is 1. The summed E-state index contributed by atoms with van der Waals surface area (Å²) in [5.74, 6) is 0.633. The Balaban J connectivity index is 0.00000121. The predicted octanol–water partition coefficient (Wildman–Crippen LogP) is 3.04. The molecule has 0 bridgehead atoms. The van der Waals surface area contributed by atoms with Crippen molar-refractivity contribution in [1.29, 1.82) is 0 Å². The van der Waals surface area contributed by atoms with Gasteiger partial charge in [0.25, 0.3) is 0 Å². The first-order valence-corrected chi connectivity index (χ1v) is 6.59. The van der Waals surface area contributed by atoms with Crippen LogP contribution in [0.5, 0.6) is 0 Å². The van der Waals surface area contributed by atoms with Crippen LogP contribution >= 0.6 is 17.0 Å². The van der Waals surface area contributed by atoms with E-state index in [9.17, 15) is 0 Å². The van der Waals surface area contributed by atoms with Gasteiger partial charge in [-0.15, -0.1) is 17.0 Å². The summed E-state index contributed by atoms with van der Waals surface area (Å²) in [6, 6.07) is 17.3. The van der Waals surface area contributed by atoms with Crippen LogP contribution in [0.2, 0.25) is 0 Å². The summed E-state index contributed by atoms with van der Waals surface area (Å²) >= 11 is 0. The number of nitrogens with two attached hydrogens (primary N) is 1. The van der Waals surface area contributed by atoms with Crippen LogP contribution < -0.4 is 10.6 Å². The summed E-state index contributed by atoms with van der Waals surface area (Å²) in [4.78, 5) is 6.62. The molecule has 0 amide bonds. The first-order valence-electron chi connectivity index (χ1n) is 6.59. The molecule has 2 aliphatic heterocycles. The van der Waals surface area contributed by atoms with Crippen LogP contribution in [0, 0.1) is 0 Å². The van der Waals surface area contributed by atoms with Gasteiger partial charge in [-0.1, -0.05) is 42.5 Å². The van der Waals surface area contributed by atoms with Crippen LogP contribution in [0.15, 0.2) is 53.5 Å². The maximum Gasteiger partial charge on any atom is 0.196 e. The molecule has 4 heteroatoms. The van der Waals surface area contributed by atoms with Gasteiger partial charge in [-0.3, -0.25) is 4.99 Å². The third-order valence-electron chi connectivity index (χ3n) is 4.03. The Morgan fingerprint density at radius 3 is 2.55 bits per heavy atom. The Labute approximate surface area is 128 Å². The molecule has 2 N–H and O–H groups in total. The normalized spacial score (nSPS) is 19.1. The SMILES string of the molecule is Br.NC1=NCC2c3ccccc3Cc3ccccc3N12. The number of nitrogens with zero attached hydrogens (tertiary/aromatic N) is 2. The van der Waals surface area contributed by atoms with Crippen molar-refractivity contribution in [3.63, 3.8) is 0 Å². The van der Waals surface area contributed by atoms with Gasteiger partial charge >= 0.3 is 0 Å². The molecule has 2 heterocycles. The third-order valence-corrected chi connectivity index (χ3v) is 4.03. The van der Waals surface area contributed by atoms with Gasteiger partial charge in [0.05, 0.1) is 12.6 Å². The van der Waals surface area contributed by atoms with E-state index in [2.05, 4.69) is 58.4 Å². The molecule has 2 aliphatic rings. The molecule has 102 valence electrons. The van der Waals surface area contributed by atoms with E-state index in [0.717, 1.165) is 13.0 Å². The largest absolute Gasteiger partial charge is 0.369 e. The first kappa shape index (κ1) is 13.2. The second-order valence-corrected chi connectivity index (χ2v) is 5.09. The van der Waals surface area contributed by atoms with E-state index >= 15 is 0 Å². The summed E-state index contributed by atoms with van der Waals surface area (Å²) in [7, 11) is 0. The molecule has 0 fully saturated rings. The maximum absolute atomic E-state index is 6.11. The Morgan fingerprint density at radius 2 is 1.70 bits per heavy atom. The average molecular weight is 330 g/mol. The van der Waals surface area contributed by atoms with Crippen molar-refractivity contribution in [1.82, 2.24) is 0 Å². The highest BCUT2D eigenvalue weighted by atomic mass is 79.9. The van der Waals surface area contributed by atoms with Crippen molar-refractivity contribution in [2.45, 2.75) is 12.5 Å². The van der Waals surface area contributed by atoms with Crippen LogP contribution in [0.1, 0.15) is 22.7 Å². The molecule has 1 atom stereocenters. The number of anilines is 1. The lowest BCUT2D eigenvalue weighted by Crippen LogP contribution is -2.36. The highest BCUT2D eigenvalue weighted by Crippen LogP contribution is 2.39. The fourth-order valence-electron chi connectivity index (χ4n) is 3.15.